The van der Waals surface area contributed by atoms with Gasteiger partial charge in [-0.3, -0.25) is 0 Å². The average molecular weight is 500 g/mol. The molecule has 0 bridgehead atoms. The van der Waals surface area contributed by atoms with Gasteiger partial charge in [-0.25, -0.2) is 4.57 Å². The second-order valence-electron chi connectivity index (χ2n) is 10.1. The number of phosphoric acid groups is 1. The third-order valence-corrected chi connectivity index (χ3v) is 6.38. The first kappa shape index (κ1) is 37.0. The maximum atomic E-state index is 10.7. The SMILES string of the molecule is CC(C)(C)c1[c-]ccc(C(C)(C)C)c1.CCCCC(CC)(CC)C[PH+]=O.O=P(O)(O)O.[Na+]. The summed E-state index contributed by atoms with van der Waals surface area (Å²) in [5, 5.41) is 0. The zero-order valence-electron chi connectivity index (χ0n) is 22.1. The van der Waals surface area contributed by atoms with Gasteiger partial charge in [-0.15, -0.1) is 0 Å². The van der Waals surface area contributed by atoms with Crippen molar-refractivity contribution in [2.45, 2.75) is 105 Å². The molecule has 0 saturated heterocycles. The van der Waals surface area contributed by atoms with Crippen molar-refractivity contribution in [3.8, 4) is 0 Å². The molecule has 0 aromatic heterocycles. The fraction of sp³-hybridized carbons (Fsp3) is 0.750. The second-order valence-corrected chi connectivity index (χ2v) is 11.8. The first-order valence-corrected chi connectivity index (χ1v) is 13.8. The van der Waals surface area contributed by atoms with Gasteiger partial charge in [0.1, 0.15) is 6.16 Å². The number of hydrogen-bond acceptors (Lipinski definition) is 2. The molecule has 0 amide bonds. The first-order chi connectivity index (χ1) is 14.0. The van der Waals surface area contributed by atoms with Crippen molar-refractivity contribution in [3.63, 3.8) is 0 Å². The smallest absolute Gasteiger partial charge is 0.303 e. The molecule has 1 atom stereocenters. The molecule has 1 aromatic carbocycles. The average Bonchev–Trinajstić information content (AvgIpc) is 2.63. The van der Waals surface area contributed by atoms with Gasteiger partial charge < -0.3 is 14.7 Å². The predicted molar refractivity (Wildman–Crippen MR) is 133 cm³/mol. The Morgan fingerprint density at radius 3 is 1.75 bits per heavy atom. The Morgan fingerprint density at radius 1 is 0.969 bits per heavy atom. The molecule has 0 aliphatic heterocycles. The molecule has 1 aromatic rings. The molecule has 0 aliphatic carbocycles. The molecule has 0 saturated carbocycles. The minimum atomic E-state index is -4.64. The fourth-order valence-electron chi connectivity index (χ4n) is 3.01. The first-order valence-electron chi connectivity index (χ1n) is 11.1. The van der Waals surface area contributed by atoms with Crippen LogP contribution in [0, 0.1) is 11.5 Å². The summed E-state index contributed by atoms with van der Waals surface area (Å²) in [5.74, 6) is 0. The Morgan fingerprint density at radius 2 is 1.44 bits per heavy atom. The molecule has 0 radical (unpaired) electrons. The molecule has 0 aliphatic rings. The van der Waals surface area contributed by atoms with Crippen LogP contribution in [-0.4, -0.2) is 20.8 Å². The van der Waals surface area contributed by atoms with E-state index in [2.05, 4.69) is 80.5 Å². The van der Waals surface area contributed by atoms with Crippen LogP contribution < -0.4 is 29.6 Å². The van der Waals surface area contributed by atoms with E-state index in [0.29, 0.717) is 5.41 Å². The van der Waals surface area contributed by atoms with E-state index < -0.39 is 7.82 Å². The topological polar surface area (TPSA) is 94.8 Å². The minimum absolute atomic E-state index is 0. The largest absolute Gasteiger partial charge is 1.00 e. The number of unbranched alkanes of at least 4 members (excludes halogenated alkanes) is 1. The van der Waals surface area contributed by atoms with Crippen molar-refractivity contribution < 1.29 is 53.4 Å². The molecule has 5 nitrogen and oxygen atoms in total. The molecular formula is C24H46NaO5P2+. The summed E-state index contributed by atoms with van der Waals surface area (Å²) in [7, 11) is -4.75. The van der Waals surface area contributed by atoms with E-state index in [1.807, 2.05) is 6.07 Å². The van der Waals surface area contributed by atoms with E-state index in [0.717, 1.165) is 6.16 Å². The van der Waals surface area contributed by atoms with Gasteiger partial charge in [0.05, 0.1) is 0 Å². The zero-order chi connectivity index (χ0) is 24.9. The maximum Gasteiger partial charge on any atom is 1.00 e. The Hall–Kier alpha value is 0.430. The number of rotatable bonds is 7. The van der Waals surface area contributed by atoms with E-state index in [1.54, 1.807) is 0 Å². The molecule has 32 heavy (non-hydrogen) atoms. The summed E-state index contributed by atoms with van der Waals surface area (Å²) in [4.78, 5) is 21.6. The standard InChI is InChI=1S/C14H21.C10H21OP.Na.H3O4P/c1-13(2,3)11-8-7-9-12(10-11)14(4,5)6;1-4-7-8-10(5-2,6-3)9-12-11;;1-5(2,3)4/h7-8,10H,1-6H3;4-9H2,1-3H3;;(H3,1,2,3,4)/q-1;;+1;/p+1. The van der Waals surface area contributed by atoms with Gasteiger partial charge in [-0.2, -0.15) is 35.4 Å². The molecule has 1 rings (SSSR count). The third-order valence-electron chi connectivity index (χ3n) is 5.48. The third kappa shape index (κ3) is 18.8. The monoisotopic (exact) mass is 499 g/mol. The van der Waals surface area contributed by atoms with Gasteiger partial charge in [-0.1, -0.05) is 79.7 Å². The summed E-state index contributed by atoms with van der Waals surface area (Å²) in [6.07, 6.45) is 7.05. The van der Waals surface area contributed by atoms with Gasteiger partial charge in [0.25, 0.3) is 0 Å². The van der Waals surface area contributed by atoms with E-state index in [4.69, 9.17) is 19.2 Å². The van der Waals surface area contributed by atoms with Crippen molar-refractivity contribution in [3.05, 3.63) is 35.4 Å². The van der Waals surface area contributed by atoms with Crippen molar-refractivity contribution in [1.82, 2.24) is 0 Å². The molecule has 3 N–H and O–H groups in total. The molecule has 0 spiro atoms. The van der Waals surface area contributed by atoms with Crippen LogP contribution in [0.5, 0.6) is 0 Å². The maximum absolute atomic E-state index is 10.7. The Bertz CT molecular complexity index is 634. The molecule has 0 fully saturated rings. The van der Waals surface area contributed by atoms with Crippen LogP contribution in [0.4, 0.5) is 0 Å². The number of hydrogen-bond donors (Lipinski definition) is 3. The Balaban J connectivity index is -0.000000428. The van der Waals surface area contributed by atoms with Gasteiger partial charge in [0, 0.05) is 5.41 Å². The fourth-order valence-corrected chi connectivity index (χ4v) is 4.00. The van der Waals surface area contributed by atoms with Crippen molar-refractivity contribution in [1.29, 1.82) is 0 Å². The van der Waals surface area contributed by atoms with Crippen LogP contribution in [0.15, 0.2) is 18.2 Å². The minimum Gasteiger partial charge on any atom is -0.303 e. The normalized spacial score (nSPS) is 12.1. The summed E-state index contributed by atoms with van der Waals surface area (Å²) in [6, 6.07) is 9.80. The van der Waals surface area contributed by atoms with Gasteiger partial charge >= 0.3 is 45.8 Å². The van der Waals surface area contributed by atoms with Crippen LogP contribution >= 0.6 is 16.3 Å². The van der Waals surface area contributed by atoms with Gasteiger partial charge in [0.2, 0.25) is 0 Å². The van der Waals surface area contributed by atoms with Crippen LogP contribution in [-0.2, 0) is 20.0 Å². The molecule has 1 unspecified atom stereocenters. The van der Waals surface area contributed by atoms with E-state index >= 15 is 0 Å². The van der Waals surface area contributed by atoms with Crippen LogP contribution in [0.1, 0.15) is 106 Å². The molecule has 0 heterocycles. The summed E-state index contributed by atoms with van der Waals surface area (Å²) < 4.78 is 19.5. The Labute approximate surface area is 220 Å². The quantitative estimate of drug-likeness (QED) is 0.298. The van der Waals surface area contributed by atoms with Crippen molar-refractivity contribution in [2.75, 3.05) is 6.16 Å². The summed E-state index contributed by atoms with van der Waals surface area (Å²) in [6.45, 7) is 20.1. The van der Waals surface area contributed by atoms with Crippen LogP contribution in [0.25, 0.3) is 0 Å². The number of benzene rings is 1. The van der Waals surface area contributed by atoms with Crippen molar-refractivity contribution in [2.24, 2.45) is 5.41 Å². The summed E-state index contributed by atoms with van der Waals surface area (Å²) in [5.41, 5.74) is 3.50. The Kier molecular flexibility index (Phi) is 19.6. The summed E-state index contributed by atoms with van der Waals surface area (Å²) >= 11 is 0. The van der Waals surface area contributed by atoms with Gasteiger partial charge in [-0.05, 0) is 30.1 Å². The van der Waals surface area contributed by atoms with E-state index in [-0.39, 0.29) is 48.8 Å². The molecule has 8 heteroatoms. The van der Waals surface area contributed by atoms with E-state index in [1.165, 1.54) is 43.2 Å². The van der Waals surface area contributed by atoms with Crippen LogP contribution in [0.3, 0.4) is 0 Å². The van der Waals surface area contributed by atoms with Crippen LogP contribution in [0.2, 0.25) is 0 Å². The van der Waals surface area contributed by atoms with Crippen molar-refractivity contribution >= 4 is 16.3 Å². The predicted octanol–water partition coefficient (Wildman–Crippen LogP) is 4.16. The molecular weight excluding hydrogens is 453 g/mol. The molecule has 182 valence electrons. The second kappa shape index (κ2) is 17.0. The zero-order valence-corrected chi connectivity index (χ0v) is 26.0. The van der Waals surface area contributed by atoms with E-state index in [9.17, 15) is 4.57 Å². The van der Waals surface area contributed by atoms with Gasteiger partial charge in [0.15, 0.2) is 0 Å².